The Balaban J connectivity index is 1.67. The minimum Gasteiger partial charge on any atom is -0.356 e. The summed E-state index contributed by atoms with van der Waals surface area (Å²) in [5.74, 6) is 0.856. The van der Waals surface area contributed by atoms with Crippen LogP contribution in [0.3, 0.4) is 0 Å². The molecule has 2 aromatic rings. The van der Waals surface area contributed by atoms with Gasteiger partial charge in [0.25, 0.3) is 0 Å². The lowest BCUT2D eigenvalue weighted by molar-refractivity contribution is 0.740. The zero-order valence-corrected chi connectivity index (χ0v) is 13.7. The molecule has 0 saturated carbocycles. The van der Waals surface area contributed by atoms with E-state index >= 15 is 0 Å². The number of nitrogens with one attached hydrogen (secondary N) is 2. The Bertz CT molecular complexity index is 584. The normalized spacial score (nSPS) is 11.7. The van der Waals surface area contributed by atoms with Gasteiger partial charge in [0, 0.05) is 31.7 Å². The van der Waals surface area contributed by atoms with E-state index in [2.05, 4.69) is 45.3 Å². The van der Waals surface area contributed by atoms with Gasteiger partial charge >= 0.3 is 0 Å². The molecule has 0 radical (unpaired) electrons. The van der Waals surface area contributed by atoms with Crippen molar-refractivity contribution < 1.29 is 0 Å². The summed E-state index contributed by atoms with van der Waals surface area (Å²) >= 11 is 1.78. The number of hydrogen-bond donors (Lipinski definition) is 2. The fraction of sp³-hybridized carbons (Fsp3) is 0.467. The maximum atomic E-state index is 4.25. The van der Waals surface area contributed by atoms with Crippen LogP contribution in [0.5, 0.6) is 0 Å². The second kappa shape index (κ2) is 7.83. The van der Waals surface area contributed by atoms with Gasteiger partial charge in [-0.15, -0.1) is 11.3 Å². The Labute approximate surface area is 130 Å². The van der Waals surface area contributed by atoms with Crippen LogP contribution in [0.25, 0.3) is 0 Å². The predicted octanol–water partition coefficient (Wildman–Crippen LogP) is 2.09. The monoisotopic (exact) mass is 305 g/mol. The molecule has 6 heteroatoms. The first-order valence-electron chi connectivity index (χ1n) is 7.14. The van der Waals surface area contributed by atoms with Crippen molar-refractivity contribution in [2.45, 2.75) is 26.3 Å². The molecule has 2 rings (SSSR count). The number of aromatic nitrogens is 2. The van der Waals surface area contributed by atoms with E-state index in [-0.39, 0.29) is 0 Å². The lowest BCUT2D eigenvalue weighted by Crippen LogP contribution is -2.37. The maximum absolute atomic E-state index is 4.25. The summed E-state index contributed by atoms with van der Waals surface area (Å²) in [6, 6.07) is 2.14. The van der Waals surface area contributed by atoms with Crippen LogP contribution in [0, 0.1) is 6.92 Å². The minimum absolute atomic E-state index is 0.825. The number of hydrogen-bond acceptors (Lipinski definition) is 3. The highest BCUT2D eigenvalue weighted by atomic mass is 32.1. The fourth-order valence-corrected chi connectivity index (χ4v) is 2.92. The van der Waals surface area contributed by atoms with Crippen molar-refractivity contribution in [3.05, 3.63) is 39.8 Å². The van der Waals surface area contributed by atoms with Crippen molar-refractivity contribution >= 4 is 17.3 Å². The smallest absolute Gasteiger partial charge is 0.191 e. The number of aliphatic imine (C=N–C) groups is 1. The van der Waals surface area contributed by atoms with Crippen LogP contribution >= 0.6 is 11.3 Å². The standard InChI is InChI=1S/C15H23N5S/c1-12-6-8-21-14(12)10-18-15(16-2)17-7-4-5-13-9-19-20(3)11-13/h6,8-9,11H,4-5,7,10H2,1-3H3,(H2,16,17,18). The van der Waals surface area contributed by atoms with Crippen molar-refractivity contribution in [1.29, 1.82) is 0 Å². The lowest BCUT2D eigenvalue weighted by atomic mass is 10.2. The van der Waals surface area contributed by atoms with E-state index in [1.807, 2.05) is 17.9 Å². The maximum Gasteiger partial charge on any atom is 0.191 e. The molecule has 2 heterocycles. The molecule has 0 atom stereocenters. The van der Waals surface area contributed by atoms with Gasteiger partial charge < -0.3 is 10.6 Å². The molecule has 0 aromatic carbocycles. The number of guanidine groups is 1. The Morgan fingerprint density at radius 2 is 2.29 bits per heavy atom. The second-order valence-electron chi connectivity index (χ2n) is 5.01. The van der Waals surface area contributed by atoms with E-state index in [4.69, 9.17) is 0 Å². The Kier molecular flexibility index (Phi) is 5.80. The summed E-state index contributed by atoms with van der Waals surface area (Å²) < 4.78 is 1.84. The van der Waals surface area contributed by atoms with Gasteiger partial charge in [0.2, 0.25) is 0 Å². The molecule has 114 valence electrons. The van der Waals surface area contributed by atoms with Crippen LogP contribution in [0.4, 0.5) is 0 Å². The average Bonchev–Trinajstić information content (AvgIpc) is 3.07. The molecule has 0 unspecified atom stereocenters. The van der Waals surface area contributed by atoms with E-state index in [9.17, 15) is 0 Å². The van der Waals surface area contributed by atoms with Crippen LogP contribution in [-0.4, -0.2) is 29.3 Å². The van der Waals surface area contributed by atoms with E-state index in [1.54, 1.807) is 18.4 Å². The molecule has 21 heavy (non-hydrogen) atoms. The quantitative estimate of drug-likeness (QED) is 0.488. The highest BCUT2D eigenvalue weighted by Gasteiger charge is 2.02. The summed E-state index contributed by atoms with van der Waals surface area (Å²) in [6.07, 6.45) is 6.07. The molecule has 0 spiro atoms. The highest BCUT2D eigenvalue weighted by Crippen LogP contribution is 2.14. The predicted molar refractivity (Wildman–Crippen MR) is 88.8 cm³/mol. The van der Waals surface area contributed by atoms with Crippen molar-refractivity contribution in [3.63, 3.8) is 0 Å². The fourth-order valence-electron chi connectivity index (χ4n) is 2.07. The van der Waals surface area contributed by atoms with Crippen molar-refractivity contribution in [2.75, 3.05) is 13.6 Å². The summed E-state index contributed by atoms with van der Waals surface area (Å²) in [5.41, 5.74) is 2.61. The molecule has 5 nitrogen and oxygen atoms in total. The number of aryl methyl sites for hydroxylation is 3. The lowest BCUT2D eigenvalue weighted by Gasteiger charge is -2.11. The van der Waals surface area contributed by atoms with Gasteiger partial charge in [-0.3, -0.25) is 9.67 Å². The summed E-state index contributed by atoms with van der Waals surface area (Å²) in [6.45, 7) is 3.86. The van der Waals surface area contributed by atoms with E-state index in [1.165, 1.54) is 16.0 Å². The third kappa shape index (κ3) is 4.90. The summed E-state index contributed by atoms with van der Waals surface area (Å²) in [5, 5.41) is 13.0. The van der Waals surface area contributed by atoms with Crippen molar-refractivity contribution in [3.8, 4) is 0 Å². The van der Waals surface area contributed by atoms with Gasteiger partial charge in [0.15, 0.2) is 5.96 Å². The van der Waals surface area contributed by atoms with Gasteiger partial charge in [-0.25, -0.2) is 0 Å². The van der Waals surface area contributed by atoms with Crippen LogP contribution in [0.2, 0.25) is 0 Å². The molecule has 0 aliphatic carbocycles. The number of nitrogens with zero attached hydrogens (tertiary/aromatic N) is 3. The third-order valence-electron chi connectivity index (χ3n) is 3.30. The molecular weight excluding hydrogens is 282 g/mol. The molecule has 2 aromatic heterocycles. The highest BCUT2D eigenvalue weighted by molar-refractivity contribution is 7.10. The van der Waals surface area contributed by atoms with E-state index in [0.29, 0.717) is 0 Å². The van der Waals surface area contributed by atoms with Crippen molar-refractivity contribution in [2.24, 2.45) is 12.0 Å². The van der Waals surface area contributed by atoms with Gasteiger partial charge in [-0.2, -0.15) is 5.10 Å². The first kappa shape index (κ1) is 15.6. The Hall–Kier alpha value is -1.82. The molecule has 2 N–H and O–H groups in total. The van der Waals surface area contributed by atoms with Crippen LogP contribution in [0.1, 0.15) is 22.4 Å². The first-order chi connectivity index (χ1) is 10.2. The number of thiophene rings is 1. The molecule has 0 aliphatic rings. The largest absolute Gasteiger partial charge is 0.356 e. The Morgan fingerprint density at radius 1 is 1.43 bits per heavy atom. The topological polar surface area (TPSA) is 54.2 Å². The average molecular weight is 305 g/mol. The molecule has 0 bridgehead atoms. The Morgan fingerprint density at radius 3 is 2.90 bits per heavy atom. The molecular formula is C15H23N5S. The molecule has 0 saturated heterocycles. The SMILES string of the molecule is CN=C(NCCCc1cnn(C)c1)NCc1sccc1C. The first-order valence-corrected chi connectivity index (χ1v) is 8.02. The van der Waals surface area contributed by atoms with Gasteiger partial charge in [-0.05, 0) is 42.3 Å². The third-order valence-corrected chi connectivity index (χ3v) is 4.32. The van der Waals surface area contributed by atoms with E-state index < -0.39 is 0 Å². The number of rotatable bonds is 6. The summed E-state index contributed by atoms with van der Waals surface area (Å²) in [7, 11) is 3.75. The van der Waals surface area contributed by atoms with Crippen molar-refractivity contribution in [1.82, 2.24) is 20.4 Å². The van der Waals surface area contributed by atoms with Gasteiger partial charge in [0.05, 0.1) is 12.7 Å². The van der Waals surface area contributed by atoms with Gasteiger partial charge in [0.1, 0.15) is 0 Å². The van der Waals surface area contributed by atoms with E-state index in [0.717, 1.165) is 31.9 Å². The molecule has 0 amide bonds. The zero-order chi connectivity index (χ0) is 15.1. The van der Waals surface area contributed by atoms with Crippen LogP contribution < -0.4 is 10.6 Å². The molecule has 0 aliphatic heterocycles. The van der Waals surface area contributed by atoms with Gasteiger partial charge in [-0.1, -0.05) is 0 Å². The second-order valence-corrected chi connectivity index (χ2v) is 6.01. The molecule has 0 fully saturated rings. The minimum atomic E-state index is 0.825. The van der Waals surface area contributed by atoms with Crippen LogP contribution in [0.15, 0.2) is 28.8 Å². The zero-order valence-electron chi connectivity index (χ0n) is 12.9. The van der Waals surface area contributed by atoms with Crippen LogP contribution in [-0.2, 0) is 20.0 Å². The summed E-state index contributed by atoms with van der Waals surface area (Å²) in [4.78, 5) is 5.60.